The van der Waals surface area contributed by atoms with Gasteiger partial charge in [-0.3, -0.25) is 4.98 Å². The van der Waals surface area contributed by atoms with E-state index in [2.05, 4.69) is 55.3 Å². The van der Waals surface area contributed by atoms with E-state index >= 15 is 0 Å². The van der Waals surface area contributed by atoms with E-state index in [1.165, 1.54) is 6.33 Å². The molecule has 8 heteroatoms. The summed E-state index contributed by atoms with van der Waals surface area (Å²) >= 11 is 3.69. The first-order chi connectivity index (χ1) is 15.6. The quantitative estimate of drug-likeness (QED) is 0.441. The van der Waals surface area contributed by atoms with Crippen LogP contribution in [0.15, 0.2) is 59.5 Å². The average Bonchev–Trinajstić information content (AvgIpc) is 2.84. The summed E-state index contributed by atoms with van der Waals surface area (Å²) in [6, 6.07) is 14.2. The van der Waals surface area contributed by atoms with Gasteiger partial charge in [0.15, 0.2) is 5.65 Å². The van der Waals surface area contributed by atoms with Gasteiger partial charge in [-0.2, -0.15) is 0 Å². The number of anilines is 1. The van der Waals surface area contributed by atoms with Gasteiger partial charge in [0.2, 0.25) is 0 Å². The minimum absolute atomic E-state index is 0.0378. The highest BCUT2D eigenvalue weighted by atomic mass is 79.9. The van der Waals surface area contributed by atoms with Crippen LogP contribution in [0.5, 0.6) is 0 Å². The number of pyridine rings is 2. The van der Waals surface area contributed by atoms with Gasteiger partial charge in [0.25, 0.3) is 0 Å². The summed E-state index contributed by atoms with van der Waals surface area (Å²) in [6.07, 6.45) is 3.12. The number of ether oxygens (including phenoxy) is 1. The molecule has 0 spiro atoms. The van der Waals surface area contributed by atoms with Crippen molar-refractivity contribution in [2.75, 3.05) is 25.4 Å². The maximum Gasteiger partial charge on any atom is 0.165 e. The van der Waals surface area contributed by atoms with Crippen molar-refractivity contribution in [1.82, 2.24) is 25.3 Å². The Bertz CT molecular complexity index is 1270. The molecule has 1 aromatic carbocycles. The fourth-order valence-electron chi connectivity index (χ4n) is 4.22. The highest BCUT2D eigenvalue weighted by Gasteiger charge is 2.24. The molecule has 0 radical (unpaired) electrons. The van der Waals surface area contributed by atoms with E-state index in [9.17, 15) is 0 Å². The molecule has 32 heavy (non-hydrogen) atoms. The van der Waals surface area contributed by atoms with E-state index in [-0.39, 0.29) is 12.0 Å². The topological polar surface area (TPSA) is 98.8 Å². The van der Waals surface area contributed by atoms with E-state index in [4.69, 9.17) is 15.5 Å². The Balaban J connectivity index is 1.71. The molecule has 162 valence electrons. The van der Waals surface area contributed by atoms with Gasteiger partial charge in [0, 0.05) is 35.2 Å². The SMILES string of the molecule is CC(c1ccccc1Br)c1cc(-c2cccnc2C2CNCCO2)nc2ncnc(N)c12. The number of hydrogen-bond acceptors (Lipinski definition) is 7. The standard InChI is InChI=1S/C24H23BrN6O/c1-14(15-5-2-3-7-18(15)25)17-11-19(31-24-21(17)23(26)29-13-30-24)16-6-4-8-28-22(16)20-12-27-9-10-32-20/h2-8,11,13-14,20,27H,9-10,12H2,1H3,(H2,26,29,30,31). The number of nitrogens with one attached hydrogen (secondary N) is 1. The maximum absolute atomic E-state index is 6.30. The van der Waals surface area contributed by atoms with Gasteiger partial charge >= 0.3 is 0 Å². The predicted molar refractivity (Wildman–Crippen MR) is 128 cm³/mol. The molecule has 4 aromatic rings. The van der Waals surface area contributed by atoms with E-state index in [1.807, 2.05) is 30.3 Å². The second-order valence-corrected chi connectivity index (χ2v) is 8.65. The molecule has 1 aliphatic heterocycles. The van der Waals surface area contributed by atoms with Crippen LogP contribution in [0.25, 0.3) is 22.3 Å². The lowest BCUT2D eigenvalue weighted by Gasteiger charge is -2.25. The summed E-state index contributed by atoms with van der Waals surface area (Å²) in [5.41, 5.74) is 11.6. The number of nitrogens with two attached hydrogens (primary N) is 1. The summed E-state index contributed by atoms with van der Waals surface area (Å²) < 4.78 is 7.03. The van der Waals surface area contributed by atoms with Crippen LogP contribution in [0.2, 0.25) is 0 Å². The van der Waals surface area contributed by atoms with Crippen molar-refractivity contribution in [3.63, 3.8) is 0 Å². The lowest BCUT2D eigenvalue weighted by molar-refractivity contribution is 0.0254. The number of aromatic nitrogens is 4. The van der Waals surface area contributed by atoms with E-state index in [1.54, 1.807) is 6.20 Å². The summed E-state index contributed by atoms with van der Waals surface area (Å²) in [7, 11) is 0. The first-order valence-electron chi connectivity index (χ1n) is 10.6. The Morgan fingerprint density at radius 2 is 2.00 bits per heavy atom. The molecule has 1 saturated heterocycles. The van der Waals surface area contributed by atoms with Gasteiger partial charge in [-0.1, -0.05) is 41.1 Å². The number of nitrogen functional groups attached to an aromatic ring is 1. The zero-order valence-corrected chi connectivity index (χ0v) is 19.2. The molecule has 7 nitrogen and oxygen atoms in total. The zero-order valence-electron chi connectivity index (χ0n) is 17.6. The van der Waals surface area contributed by atoms with Crippen molar-refractivity contribution in [2.45, 2.75) is 18.9 Å². The van der Waals surface area contributed by atoms with E-state index in [0.717, 1.165) is 44.5 Å². The Labute approximate surface area is 194 Å². The highest BCUT2D eigenvalue weighted by Crippen LogP contribution is 2.38. The van der Waals surface area contributed by atoms with Gasteiger partial charge in [-0.05, 0) is 35.4 Å². The normalized spacial score (nSPS) is 17.4. The fourth-order valence-corrected chi connectivity index (χ4v) is 4.85. The van der Waals surface area contributed by atoms with Crippen LogP contribution in [0.3, 0.4) is 0 Å². The van der Waals surface area contributed by atoms with Gasteiger partial charge in [-0.15, -0.1) is 0 Å². The lowest BCUT2D eigenvalue weighted by Crippen LogP contribution is -2.34. The largest absolute Gasteiger partial charge is 0.383 e. The number of hydrogen-bond donors (Lipinski definition) is 2. The van der Waals surface area contributed by atoms with Crippen LogP contribution >= 0.6 is 15.9 Å². The number of rotatable bonds is 4. The molecule has 3 N–H and O–H groups in total. The summed E-state index contributed by atoms with van der Waals surface area (Å²) in [5.74, 6) is 0.463. The van der Waals surface area contributed by atoms with E-state index in [0.29, 0.717) is 24.6 Å². The molecule has 5 rings (SSSR count). The molecule has 0 aliphatic carbocycles. The molecule has 2 atom stereocenters. The Morgan fingerprint density at radius 3 is 2.81 bits per heavy atom. The van der Waals surface area contributed by atoms with Gasteiger partial charge in [-0.25, -0.2) is 15.0 Å². The third kappa shape index (κ3) is 3.85. The number of morpholine rings is 1. The Kier molecular flexibility index (Phi) is 5.82. The monoisotopic (exact) mass is 490 g/mol. The average molecular weight is 491 g/mol. The predicted octanol–water partition coefficient (Wildman–Crippen LogP) is 4.24. The van der Waals surface area contributed by atoms with Crippen molar-refractivity contribution < 1.29 is 4.74 Å². The Morgan fingerprint density at radius 1 is 1.12 bits per heavy atom. The molecule has 0 amide bonds. The molecule has 0 bridgehead atoms. The summed E-state index contributed by atoms with van der Waals surface area (Å²) in [5, 5.41) is 4.16. The summed E-state index contributed by atoms with van der Waals surface area (Å²) in [6.45, 7) is 4.37. The van der Waals surface area contributed by atoms with Crippen LogP contribution in [-0.2, 0) is 4.74 Å². The van der Waals surface area contributed by atoms with Crippen LogP contribution in [0.1, 0.15) is 35.8 Å². The van der Waals surface area contributed by atoms with Crippen LogP contribution in [0.4, 0.5) is 5.82 Å². The van der Waals surface area contributed by atoms with Gasteiger partial charge in [0.05, 0.1) is 23.4 Å². The van der Waals surface area contributed by atoms with E-state index < -0.39 is 0 Å². The van der Waals surface area contributed by atoms with Crippen molar-refractivity contribution >= 4 is 32.8 Å². The minimum Gasteiger partial charge on any atom is -0.383 e. The molecule has 3 aromatic heterocycles. The molecule has 1 aliphatic rings. The molecule has 1 fully saturated rings. The van der Waals surface area contributed by atoms with Crippen molar-refractivity contribution in [1.29, 1.82) is 0 Å². The number of halogens is 1. The number of nitrogens with zero attached hydrogens (tertiary/aromatic N) is 4. The number of fused-ring (bicyclic) bond motifs is 1. The first kappa shape index (κ1) is 20.9. The van der Waals surface area contributed by atoms with Gasteiger partial charge < -0.3 is 15.8 Å². The van der Waals surface area contributed by atoms with Crippen LogP contribution in [0, 0.1) is 0 Å². The first-order valence-corrected chi connectivity index (χ1v) is 11.4. The van der Waals surface area contributed by atoms with Crippen molar-refractivity contribution in [2.24, 2.45) is 0 Å². The molecule has 2 unspecified atom stereocenters. The zero-order chi connectivity index (χ0) is 22.1. The lowest BCUT2D eigenvalue weighted by atomic mass is 9.90. The van der Waals surface area contributed by atoms with Crippen molar-refractivity contribution in [3.05, 3.63) is 76.3 Å². The smallest absolute Gasteiger partial charge is 0.165 e. The van der Waals surface area contributed by atoms with Crippen molar-refractivity contribution in [3.8, 4) is 11.3 Å². The third-order valence-corrected chi connectivity index (χ3v) is 6.57. The number of benzene rings is 1. The van der Waals surface area contributed by atoms with Crippen LogP contribution in [-0.4, -0.2) is 39.6 Å². The maximum atomic E-state index is 6.30. The molecule has 0 saturated carbocycles. The highest BCUT2D eigenvalue weighted by molar-refractivity contribution is 9.10. The second-order valence-electron chi connectivity index (χ2n) is 7.80. The minimum atomic E-state index is -0.128. The molecular weight excluding hydrogens is 468 g/mol. The Hall–Kier alpha value is -2.94. The fraction of sp³-hybridized carbons (Fsp3) is 0.250. The van der Waals surface area contributed by atoms with Crippen LogP contribution < -0.4 is 11.1 Å². The third-order valence-electron chi connectivity index (χ3n) is 5.85. The molecular formula is C24H23BrN6O. The summed E-state index contributed by atoms with van der Waals surface area (Å²) in [4.78, 5) is 18.2. The van der Waals surface area contributed by atoms with Gasteiger partial charge in [0.1, 0.15) is 18.2 Å². The molecule has 4 heterocycles. The second kappa shape index (κ2) is 8.90.